The average molecular weight is 226 g/mol. The van der Waals surface area contributed by atoms with Crippen molar-refractivity contribution in [1.82, 2.24) is 4.90 Å². The minimum Gasteiger partial charge on any atom is -0.384 e. The molecule has 3 heteroatoms. The topological polar surface area (TPSA) is 38.5 Å². The van der Waals surface area contributed by atoms with E-state index in [-0.39, 0.29) is 0 Å². The van der Waals surface area contributed by atoms with Crippen molar-refractivity contribution < 1.29 is 4.74 Å². The molecule has 16 heavy (non-hydrogen) atoms. The lowest BCUT2D eigenvalue weighted by atomic mass is 9.77. The van der Waals surface area contributed by atoms with Gasteiger partial charge in [-0.1, -0.05) is 12.8 Å². The van der Waals surface area contributed by atoms with Crippen LogP contribution in [0.3, 0.4) is 0 Å². The van der Waals surface area contributed by atoms with E-state index in [1.54, 1.807) is 0 Å². The van der Waals surface area contributed by atoms with Crippen molar-refractivity contribution in [3.05, 3.63) is 0 Å². The Kier molecular flexibility index (Phi) is 4.22. The summed E-state index contributed by atoms with van der Waals surface area (Å²) < 4.78 is 5.41. The third-order valence-corrected chi connectivity index (χ3v) is 4.53. The summed E-state index contributed by atoms with van der Waals surface area (Å²) in [6, 6.07) is 0. The Bertz CT molecular complexity index is 214. The molecule has 94 valence electrons. The van der Waals surface area contributed by atoms with Crippen molar-refractivity contribution in [3.8, 4) is 0 Å². The molecule has 0 bridgehead atoms. The zero-order chi connectivity index (χ0) is 11.4. The van der Waals surface area contributed by atoms with Crippen LogP contribution in [0.15, 0.2) is 0 Å². The van der Waals surface area contributed by atoms with Gasteiger partial charge in [0.05, 0.1) is 6.61 Å². The third kappa shape index (κ3) is 2.41. The van der Waals surface area contributed by atoms with Crippen LogP contribution in [0.5, 0.6) is 0 Å². The van der Waals surface area contributed by atoms with Crippen molar-refractivity contribution in [2.45, 2.75) is 32.1 Å². The number of nitrogens with two attached hydrogens (primary N) is 1. The Hall–Kier alpha value is -0.120. The number of methoxy groups -OCH3 is 1. The van der Waals surface area contributed by atoms with E-state index in [0.29, 0.717) is 5.41 Å². The lowest BCUT2D eigenvalue weighted by molar-refractivity contribution is 0.0968. The molecule has 2 fully saturated rings. The van der Waals surface area contributed by atoms with E-state index in [2.05, 4.69) is 4.90 Å². The van der Waals surface area contributed by atoms with Crippen LogP contribution in [-0.2, 0) is 4.74 Å². The van der Waals surface area contributed by atoms with Gasteiger partial charge < -0.3 is 15.4 Å². The molecule has 2 N–H and O–H groups in total. The predicted octanol–water partition coefficient (Wildman–Crippen LogP) is 1.47. The molecule has 0 amide bonds. The molecule has 1 aliphatic carbocycles. The molecule has 1 saturated carbocycles. The summed E-state index contributed by atoms with van der Waals surface area (Å²) >= 11 is 0. The fraction of sp³-hybridized carbons (Fsp3) is 1.00. The summed E-state index contributed by atoms with van der Waals surface area (Å²) in [5.41, 5.74) is 6.18. The van der Waals surface area contributed by atoms with Gasteiger partial charge >= 0.3 is 0 Å². The maximum absolute atomic E-state index is 5.59. The number of likely N-dealkylation sites (tertiary alicyclic amines) is 1. The molecule has 1 atom stereocenters. The van der Waals surface area contributed by atoms with Crippen LogP contribution in [0.4, 0.5) is 0 Å². The molecule has 2 rings (SSSR count). The molecule has 0 aromatic rings. The van der Waals surface area contributed by atoms with Gasteiger partial charge in [0.25, 0.3) is 0 Å². The van der Waals surface area contributed by atoms with E-state index in [9.17, 15) is 0 Å². The van der Waals surface area contributed by atoms with E-state index in [1.165, 1.54) is 45.3 Å². The van der Waals surface area contributed by atoms with E-state index >= 15 is 0 Å². The molecule has 0 aromatic heterocycles. The first kappa shape index (κ1) is 12.3. The van der Waals surface area contributed by atoms with Gasteiger partial charge in [0.2, 0.25) is 0 Å². The van der Waals surface area contributed by atoms with Crippen LogP contribution >= 0.6 is 0 Å². The Labute approximate surface area is 99.3 Å². The summed E-state index contributed by atoms with van der Waals surface area (Å²) in [7, 11) is 1.84. The highest BCUT2D eigenvalue weighted by atomic mass is 16.5. The minimum absolute atomic E-state index is 0.588. The van der Waals surface area contributed by atoms with Gasteiger partial charge in [-0.05, 0) is 37.8 Å². The highest BCUT2D eigenvalue weighted by Crippen LogP contribution is 2.49. The number of rotatable bonds is 5. The number of ether oxygens (including phenoxy) is 1. The minimum atomic E-state index is 0.588. The second kappa shape index (κ2) is 5.48. The van der Waals surface area contributed by atoms with Crippen molar-refractivity contribution in [1.29, 1.82) is 0 Å². The van der Waals surface area contributed by atoms with Gasteiger partial charge in [0.1, 0.15) is 0 Å². The molecule has 1 heterocycles. The Morgan fingerprint density at radius 2 is 2.12 bits per heavy atom. The zero-order valence-corrected chi connectivity index (χ0v) is 10.6. The average Bonchev–Trinajstić information content (AvgIpc) is 2.87. The van der Waals surface area contributed by atoms with Crippen LogP contribution in [-0.4, -0.2) is 44.8 Å². The van der Waals surface area contributed by atoms with Gasteiger partial charge in [0, 0.05) is 26.1 Å². The van der Waals surface area contributed by atoms with E-state index in [0.717, 1.165) is 25.5 Å². The monoisotopic (exact) mass is 226 g/mol. The van der Waals surface area contributed by atoms with E-state index in [4.69, 9.17) is 10.5 Å². The highest BCUT2D eigenvalue weighted by Gasteiger charge is 2.47. The summed E-state index contributed by atoms with van der Waals surface area (Å²) in [5, 5.41) is 0. The molecule has 2 aliphatic rings. The Morgan fingerprint density at radius 1 is 1.38 bits per heavy atom. The summed E-state index contributed by atoms with van der Waals surface area (Å²) in [6.45, 7) is 5.46. The lowest BCUT2D eigenvalue weighted by Crippen LogP contribution is -2.30. The van der Waals surface area contributed by atoms with Crippen LogP contribution in [0, 0.1) is 11.3 Å². The zero-order valence-electron chi connectivity index (χ0n) is 10.6. The van der Waals surface area contributed by atoms with Crippen molar-refractivity contribution >= 4 is 0 Å². The normalized spacial score (nSPS) is 29.2. The molecule has 1 saturated heterocycles. The van der Waals surface area contributed by atoms with Crippen molar-refractivity contribution in [3.63, 3.8) is 0 Å². The molecule has 0 unspecified atom stereocenters. The van der Waals surface area contributed by atoms with Gasteiger partial charge in [0.15, 0.2) is 0 Å². The molecular weight excluding hydrogens is 200 g/mol. The quantitative estimate of drug-likeness (QED) is 0.771. The van der Waals surface area contributed by atoms with Crippen molar-refractivity contribution in [2.24, 2.45) is 17.1 Å². The molecular formula is C13H26N2O. The van der Waals surface area contributed by atoms with E-state index in [1.807, 2.05) is 7.11 Å². The van der Waals surface area contributed by atoms with Crippen LogP contribution < -0.4 is 5.73 Å². The summed E-state index contributed by atoms with van der Waals surface area (Å²) in [4.78, 5) is 2.61. The third-order valence-electron chi connectivity index (χ3n) is 4.53. The second-order valence-corrected chi connectivity index (χ2v) is 5.60. The first-order chi connectivity index (χ1) is 7.80. The first-order valence-electron chi connectivity index (χ1n) is 6.72. The Balaban J connectivity index is 1.94. The standard InChI is InChI=1S/C13H26N2O/c1-16-10-12-9-15(8-4-7-14)11-13(12)5-2-3-6-13/h12H,2-11,14H2,1H3/t12-/m1/s1. The van der Waals surface area contributed by atoms with Gasteiger partial charge in [-0.15, -0.1) is 0 Å². The smallest absolute Gasteiger partial charge is 0.0508 e. The van der Waals surface area contributed by atoms with E-state index < -0.39 is 0 Å². The summed E-state index contributed by atoms with van der Waals surface area (Å²) in [5.74, 6) is 0.762. The predicted molar refractivity (Wildman–Crippen MR) is 66.4 cm³/mol. The molecule has 0 aromatic carbocycles. The maximum atomic E-state index is 5.59. The number of hydrogen-bond donors (Lipinski definition) is 1. The summed E-state index contributed by atoms with van der Waals surface area (Å²) in [6.07, 6.45) is 6.81. The van der Waals surface area contributed by atoms with Gasteiger partial charge in [-0.3, -0.25) is 0 Å². The van der Waals surface area contributed by atoms with Crippen LogP contribution in [0.2, 0.25) is 0 Å². The van der Waals surface area contributed by atoms with Gasteiger partial charge in [-0.2, -0.15) is 0 Å². The van der Waals surface area contributed by atoms with Crippen LogP contribution in [0.25, 0.3) is 0 Å². The molecule has 0 radical (unpaired) electrons. The van der Waals surface area contributed by atoms with Crippen LogP contribution in [0.1, 0.15) is 32.1 Å². The largest absolute Gasteiger partial charge is 0.384 e. The first-order valence-corrected chi connectivity index (χ1v) is 6.72. The van der Waals surface area contributed by atoms with Gasteiger partial charge in [-0.25, -0.2) is 0 Å². The van der Waals surface area contributed by atoms with Crippen molar-refractivity contribution in [2.75, 3.05) is 39.9 Å². The maximum Gasteiger partial charge on any atom is 0.0508 e. The molecule has 3 nitrogen and oxygen atoms in total. The molecule has 1 aliphatic heterocycles. The second-order valence-electron chi connectivity index (χ2n) is 5.60. The number of nitrogens with zero attached hydrogens (tertiary/aromatic N) is 1. The molecule has 1 spiro atoms. The highest BCUT2D eigenvalue weighted by molar-refractivity contribution is 4.99. The fourth-order valence-corrected chi connectivity index (χ4v) is 3.71. The lowest BCUT2D eigenvalue weighted by Gasteiger charge is -2.29. The SMILES string of the molecule is COC[C@H]1CN(CCCN)CC12CCCC2. The number of hydrogen-bond acceptors (Lipinski definition) is 3. The Morgan fingerprint density at radius 3 is 2.75 bits per heavy atom. The fourth-order valence-electron chi connectivity index (χ4n) is 3.71.